The van der Waals surface area contributed by atoms with Crippen LogP contribution in [-0.2, 0) is 29.8 Å². The Morgan fingerprint density at radius 2 is 1.51 bits per heavy atom. The number of benzene rings is 2. The molecule has 204 valence electrons. The summed E-state index contributed by atoms with van der Waals surface area (Å²) in [6.45, 7) is -1.16. The van der Waals surface area contributed by atoms with Gasteiger partial charge >= 0.3 is 24.6 Å². The Kier molecular flexibility index (Phi) is 7.91. The minimum absolute atomic E-state index is 0.0579. The summed E-state index contributed by atoms with van der Waals surface area (Å²) in [4.78, 5) is 13.5. The van der Waals surface area contributed by atoms with Gasteiger partial charge in [-0.2, -0.15) is 39.5 Å². The van der Waals surface area contributed by atoms with Gasteiger partial charge in [0.2, 0.25) is 0 Å². The van der Waals surface area contributed by atoms with Crippen LogP contribution < -0.4 is 5.32 Å². The van der Waals surface area contributed by atoms with E-state index in [0.717, 1.165) is 30.2 Å². The van der Waals surface area contributed by atoms with Crippen molar-refractivity contribution in [3.8, 4) is 0 Å². The van der Waals surface area contributed by atoms with Gasteiger partial charge in [-0.1, -0.05) is 0 Å². The molecule has 1 aliphatic rings. The summed E-state index contributed by atoms with van der Waals surface area (Å²) in [5.74, 6) is 0. The van der Waals surface area contributed by atoms with E-state index in [1.54, 1.807) is 0 Å². The minimum atomic E-state index is -5.14. The number of fused-ring (bicyclic) bond motifs is 1. The third-order valence-corrected chi connectivity index (χ3v) is 5.87. The summed E-state index contributed by atoms with van der Waals surface area (Å²) in [7, 11) is 0.919. The van der Waals surface area contributed by atoms with Gasteiger partial charge in [0.1, 0.15) is 0 Å². The summed E-state index contributed by atoms with van der Waals surface area (Å²) >= 11 is 0. The molecule has 2 aromatic rings. The molecule has 0 saturated carbocycles. The number of aliphatic hydroxyl groups is 1. The van der Waals surface area contributed by atoms with Crippen molar-refractivity contribution in [2.24, 2.45) is 0 Å². The molecule has 0 radical (unpaired) electrons. The number of methoxy groups -OCH3 is 1. The van der Waals surface area contributed by atoms with E-state index in [9.17, 15) is 49.4 Å². The predicted molar refractivity (Wildman–Crippen MR) is 112 cm³/mol. The van der Waals surface area contributed by atoms with Gasteiger partial charge in [0.15, 0.2) is 0 Å². The largest absolute Gasteiger partial charge is 0.453 e. The molecule has 2 atom stereocenters. The van der Waals surface area contributed by atoms with Gasteiger partial charge in [0.05, 0.1) is 29.8 Å². The number of hydrogen-bond acceptors (Lipinski definition) is 4. The predicted octanol–water partition coefficient (Wildman–Crippen LogP) is 6.62. The van der Waals surface area contributed by atoms with Crippen LogP contribution in [0.25, 0.3) is 0 Å². The van der Waals surface area contributed by atoms with E-state index < -0.39 is 65.5 Å². The van der Waals surface area contributed by atoms with Gasteiger partial charge in [-0.25, -0.2) is 4.79 Å². The van der Waals surface area contributed by atoms with Gasteiger partial charge in [-0.3, -0.25) is 4.90 Å². The molecule has 3 rings (SSSR count). The Labute approximate surface area is 204 Å². The number of nitrogens with zero attached hydrogens (tertiary/aromatic N) is 1. The van der Waals surface area contributed by atoms with Gasteiger partial charge in [0, 0.05) is 24.9 Å². The van der Waals surface area contributed by atoms with E-state index in [4.69, 9.17) is 4.74 Å². The molecule has 1 aliphatic heterocycles. The van der Waals surface area contributed by atoms with Crippen molar-refractivity contribution < 1.29 is 54.2 Å². The fraction of sp³-hybridized carbons (Fsp3) is 0.435. The molecule has 37 heavy (non-hydrogen) atoms. The number of alkyl halides is 9. The Balaban J connectivity index is 2.14. The summed E-state index contributed by atoms with van der Waals surface area (Å²) < 4.78 is 125. The average Bonchev–Trinajstić information content (AvgIpc) is 2.79. The van der Waals surface area contributed by atoms with E-state index in [0.29, 0.717) is 12.1 Å². The van der Waals surface area contributed by atoms with Crippen molar-refractivity contribution in [2.45, 2.75) is 50.0 Å². The minimum Gasteiger partial charge on any atom is -0.453 e. The number of carbonyl (C=O) groups excluding carboxylic acids is 1. The summed E-state index contributed by atoms with van der Waals surface area (Å²) in [6, 6.07) is 1.65. The number of carbonyl (C=O) groups is 1. The molecule has 0 spiro atoms. The van der Waals surface area contributed by atoms with Crippen molar-refractivity contribution in [3.63, 3.8) is 0 Å². The molecule has 0 saturated heterocycles. The first kappa shape index (κ1) is 28.4. The van der Waals surface area contributed by atoms with Crippen LogP contribution in [0.3, 0.4) is 0 Å². The average molecular weight is 544 g/mol. The Morgan fingerprint density at radius 3 is 2.00 bits per heavy atom. The maximum absolute atomic E-state index is 13.4. The van der Waals surface area contributed by atoms with Gasteiger partial charge in [-0.05, 0) is 60.4 Å². The first-order chi connectivity index (χ1) is 17.0. The number of aliphatic hydroxyl groups excluding tert-OH is 1. The molecule has 2 N–H and O–H groups in total. The standard InChI is InChI=1S/C23H21F9N2O3/c1-37-20(36)34(11-12-6-14(22(27,28)29)8-15(7-12)23(30,31)32)19-10-16(4-5-35)33-18-3-2-13(9-17(18)19)21(24,25)26/h2-3,6-9,16,19,33,35H,4-5,10-11H2,1H3/t16-,19?/m1/s1. The molecule has 0 bridgehead atoms. The van der Waals surface area contributed by atoms with E-state index in [-0.39, 0.29) is 36.8 Å². The zero-order valence-electron chi connectivity index (χ0n) is 19.1. The number of hydrogen-bond donors (Lipinski definition) is 2. The highest BCUT2D eigenvalue weighted by Crippen LogP contribution is 2.43. The number of anilines is 1. The first-order valence-electron chi connectivity index (χ1n) is 10.8. The molecular formula is C23H21F9N2O3. The lowest BCUT2D eigenvalue weighted by molar-refractivity contribution is -0.143. The summed E-state index contributed by atoms with van der Waals surface area (Å²) in [6.07, 6.45) is -16.2. The molecule has 0 fully saturated rings. The van der Waals surface area contributed by atoms with Crippen LogP contribution in [0.2, 0.25) is 0 Å². The van der Waals surface area contributed by atoms with Crippen LogP contribution in [0.15, 0.2) is 36.4 Å². The smallest absolute Gasteiger partial charge is 0.416 e. The Bertz CT molecular complexity index is 1100. The number of amides is 1. The van der Waals surface area contributed by atoms with Crippen molar-refractivity contribution in [1.82, 2.24) is 4.90 Å². The molecule has 1 unspecified atom stereocenters. The van der Waals surface area contributed by atoms with E-state index >= 15 is 0 Å². The molecule has 5 nitrogen and oxygen atoms in total. The van der Waals surface area contributed by atoms with Crippen LogP contribution in [0, 0.1) is 0 Å². The van der Waals surface area contributed by atoms with E-state index in [2.05, 4.69) is 5.32 Å². The zero-order valence-corrected chi connectivity index (χ0v) is 19.1. The second-order valence-corrected chi connectivity index (χ2v) is 8.42. The van der Waals surface area contributed by atoms with Crippen LogP contribution in [-0.4, -0.2) is 35.9 Å². The second-order valence-electron chi connectivity index (χ2n) is 8.42. The van der Waals surface area contributed by atoms with Crippen LogP contribution >= 0.6 is 0 Å². The SMILES string of the molecule is COC(=O)N(Cc1cc(C(F)(F)F)cc(C(F)(F)F)c1)C1C[C@@H](CCO)Nc2ccc(C(F)(F)F)cc21. The highest BCUT2D eigenvalue weighted by molar-refractivity contribution is 5.70. The molecule has 1 amide bonds. The quantitative estimate of drug-likeness (QED) is 0.416. The van der Waals surface area contributed by atoms with Crippen molar-refractivity contribution in [2.75, 3.05) is 19.0 Å². The van der Waals surface area contributed by atoms with Crippen molar-refractivity contribution in [3.05, 3.63) is 64.2 Å². The van der Waals surface area contributed by atoms with E-state index in [1.807, 2.05) is 0 Å². The van der Waals surface area contributed by atoms with Crippen LogP contribution in [0.1, 0.15) is 46.7 Å². The fourth-order valence-electron chi connectivity index (χ4n) is 4.19. The van der Waals surface area contributed by atoms with Crippen LogP contribution in [0.5, 0.6) is 0 Å². The van der Waals surface area contributed by atoms with Crippen molar-refractivity contribution in [1.29, 1.82) is 0 Å². The number of halogens is 9. The fourth-order valence-corrected chi connectivity index (χ4v) is 4.19. The van der Waals surface area contributed by atoms with E-state index in [1.165, 1.54) is 0 Å². The highest BCUT2D eigenvalue weighted by atomic mass is 19.4. The molecule has 0 aromatic heterocycles. The number of ether oxygens (including phenoxy) is 1. The maximum atomic E-state index is 13.4. The first-order valence-corrected chi connectivity index (χ1v) is 10.8. The van der Waals surface area contributed by atoms with Gasteiger partial charge in [0.25, 0.3) is 0 Å². The topological polar surface area (TPSA) is 61.8 Å². The Morgan fingerprint density at radius 1 is 0.946 bits per heavy atom. The third kappa shape index (κ3) is 6.59. The summed E-state index contributed by atoms with van der Waals surface area (Å²) in [5.41, 5.74) is -4.73. The lowest BCUT2D eigenvalue weighted by Gasteiger charge is -2.39. The van der Waals surface area contributed by atoms with Crippen molar-refractivity contribution >= 4 is 11.8 Å². The van der Waals surface area contributed by atoms with Gasteiger partial charge < -0.3 is 15.2 Å². The van der Waals surface area contributed by atoms with Gasteiger partial charge in [-0.15, -0.1) is 0 Å². The molecular weight excluding hydrogens is 523 g/mol. The lowest BCUT2D eigenvalue weighted by Crippen LogP contribution is -2.41. The molecule has 0 aliphatic carbocycles. The highest BCUT2D eigenvalue weighted by Gasteiger charge is 2.40. The monoisotopic (exact) mass is 544 g/mol. The summed E-state index contributed by atoms with van der Waals surface area (Å²) in [5, 5.41) is 12.3. The Hall–Kier alpha value is -3.16. The second kappa shape index (κ2) is 10.3. The normalized spacial score (nSPS) is 18.1. The lowest BCUT2D eigenvalue weighted by atomic mass is 9.89. The number of rotatable bonds is 5. The molecule has 2 aromatic carbocycles. The molecule has 14 heteroatoms. The zero-order chi connectivity index (χ0) is 27.8. The molecule has 1 heterocycles. The maximum Gasteiger partial charge on any atom is 0.416 e. The van der Waals surface area contributed by atoms with Crippen LogP contribution in [0.4, 0.5) is 50.0 Å². The third-order valence-electron chi connectivity index (χ3n) is 5.87. The number of nitrogens with one attached hydrogen (secondary N) is 1.